The Hall–Kier alpha value is -1.42. The summed E-state index contributed by atoms with van der Waals surface area (Å²) in [5.41, 5.74) is 6.86. The smallest absolute Gasteiger partial charge is 0.340 e. The third-order valence-electron chi connectivity index (χ3n) is 2.60. The largest absolute Gasteiger partial charge is 0.457 e. The number of esters is 1. The Bertz CT molecular complexity index is 659. The number of halogens is 3. The predicted octanol–water partition coefficient (Wildman–Crippen LogP) is 4.59. The minimum atomic E-state index is -0.546. The molecule has 0 atom stereocenters. The van der Waals surface area contributed by atoms with E-state index in [9.17, 15) is 4.79 Å². The second-order valence-electron chi connectivity index (χ2n) is 4.04. The lowest BCUT2D eigenvalue weighted by Crippen LogP contribution is -2.08. The summed E-state index contributed by atoms with van der Waals surface area (Å²) in [4.78, 5) is 11.9. The van der Waals surface area contributed by atoms with Crippen molar-refractivity contribution in [1.29, 1.82) is 0 Å². The van der Waals surface area contributed by atoms with Crippen LogP contribution in [0.25, 0.3) is 0 Å². The van der Waals surface area contributed by atoms with E-state index in [0.717, 1.165) is 0 Å². The Labute approximate surface area is 131 Å². The normalized spacial score (nSPS) is 10.3. The van der Waals surface area contributed by atoms with Gasteiger partial charge in [0, 0.05) is 26.3 Å². The van der Waals surface area contributed by atoms with Gasteiger partial charge in [0.1, 0.15) is 6.61 Å². The fraction of sp³-hybridized carbons (Fsp3) is 0.0714. The Morgan fingerprint density at radius 2 is 1.70 bits per heavy atom. The first-order valence-electron chi connectivity index (χ1n) is 5.63. The molecule has 2 aromatic rings. The molecule has 0 heterocycles. The molecule has 0 unspecified atom stereocenters. The fourth-order valence-corrected chi connectivity index (χ4v) is 2.14. The maximum atomic E-state index is 11.9. The number of carbonyl (C=O) groups is 1. The minimum absolute atomic E-state index is 0.0142. The molecule has 0 saturated carbocycles. The van der Waals surface area contributed by atoms with Gasteiger partial charge in [-0.2, -0.15) is 0 Å². The summed E-state index contributed by atoms with van der Waals surface area (Å²) in [6.45, 7) is 0.0142. The average molecular weight is 331 g/mol. The van der Waals surface area contributed by atoms with Gasteiger partial charge >= 0.3 is 5.97 Å². The van der Waals surface area contributed by atoms with Crippen LogP contribution in [0, 0.1) is 0 Å². The van der Waals surface area contributed by atoms with Crippen LogP contribution in [-0.2, 0) is 11.3 Å². The van der Waals surface area contributed by atoms with Gasteiger partial charge in [0.25, 0.3) is 0 Å². The van der Waals surface area contributed by atoms with Gasteiger partial charge < -0.3 is 10.5 Å². The number of hydrogen-bond acceptors (Lipinski definition) is 3. The van der Waals surface area contributed by atoms with Crippen molar-refractivity contribution in [3.05, 3.63) is 62.6 Å². The molecule has 0 aliphatic heterocycles. The number of nitrogen functional groups attached to an aromatic ring is 1. The molecule has 0 amide bonds. The zero-order valence-electron chi connectivity index (χ0n) is 10.2. The van der Waals surface area contributed by atoms with Crippen molar-refractivity contribution in [3.63, 3.8) is 0 Å². The van der Waals surface area contributed by atoms with E-state index < -0.39 is 5.97 Å². The molecule has 0 aromatic heterocycles. The summed E-state index contributed by atoms with van der Waals surface area (Å²) in [5, 5.41) is 1.45. The molecule has 104 valence electrons. The zero-order chi connectivity index (χ0) is 14.7. The van der Waals surface area contributed by atoms with Crippen molar-refractivity contribution in [2.75, 3.05) is 5.73 Å². The quantitative estimate of drug-likeness (QED) is 0.661. The van der Waals surface area contributed by atoms with E-state index in [1.807, 2.05) is 0 Å². The van der Waals surface area contributed by atoms with Crippen LogP contribution < -0.4 is 5.73 Å². The van der Waals surface area contributed by atoms with E-state index in [4.69, 9.17) is 45.3 Å². The number of anilines is 1. The van der Waals surface area contributed by atoms with Crippen LogP contribution >= 0.6 is 34.8 Å². The Balaban J connectivity index is 2.10. The SMILES string of the molecule is Nc1cc(Cl)ccc1C(=O)OCc1cc(Cl)ccc1Cl. The minimum Gasteiger partial charge on any atom is -0.457 e. The molecule has 20 heavy (non-hydrogen) atoms. The Kier molecular flexibility index (Phi) is 4.76. The molecule has 2 N–H and O–H groups in total. The maximum absolute atomic E-state index is 11.9. The maximum Gasteiger partial charge on any atom is 0.340 e. The van der Waals surface area contributed by atoms with E-state index >= 15 is 0 Å². The molecule has 0 radical (unpaired) electrons. The van der Waals surface area contributed by atoms with Crippen molar-refractivity contribution in [3.8, 4) is 0 Å². The van der Waals surface area contributed by atoms with E-state index in [0.29, 0.717) is 20.6 Å². The number of nitrogens with two attached hydrogens (primary N) is 1. The van der Waals surface area contributed by atoms with Crippen molar-refractivity contribution in [2.24, 2.45) is 0 Å². The van der Waals surface area contributed by atoms with Gasteiger partial charge in [-0.3, -0.25) is 0 Å². The highest BCUT2D eigenvalue weighted by Crippen LogP contribution is 2.23. The molecule has 0 saturated heterocycles. The Morgan fingerprint density at radius 1 is 1.05 bits per heavy atom. The first-order valence-corrected chi connectivity index (χ1v) is 6.77. The lowest BCUT2D eigenvalue weighted by atomic mass is 10.2. The lowest BCUT2D eigenvalue weighted by Gasteiger charge is -2.09. The van der Waals surface area contributed by atoms with E-state index in [1.165, 1.54) is 12.1 Å². The van der Waals surface area contributed by atoms with Gasteiger partial charge in [-0.05, 0) is 36.4 Å². The number of rotatable bonds is 3. The molecule has 0 spiro atoms. The monoisotopic (exact) mass is 329 g/mol. The average Bonchev–Trinajstić information content (AvgIpc) is 2.39. The molecule has 0 aliphatic rings. The molecule has 0 aliphatic carbocycles. The Morgan fingerprint density at radius 3 is 2.40 bits per heavy atom. The number of carbonyl (C=O) groups excluding carboxylic acids is 1. The number of ether oxygens (including phenoxy) is 1. The number of benzene rings is 2. The first-order chi connectivity index (χ1) is 9.47. The second kappa shape index (κ2) is 6.35. The third-order valence-corrected chi connectivity index (χ3v) is 3.44. The third kappa shape index (κ3) is 3.57. The summed E-state index contributed by atoms with van der Waals surface area (Å²) in [6, 6.07) is 9.52. The molecular formula is C14H10Cl3NO2. The van der Waals surface area contributed by atoms with E-state index in [1.54, 1.807) is 24.3 Å². The molecule has 0 fully saturated rings. The van der Waals surface area contributed by atoms with Gasteiger partial charge in [-0.25, -0.2) is 4.79 Å². The standard InChI is InChI=1S/C14H10Cl3NO2/c15-9-2-4-12(17)8(5-9)7-20-14(19)11-3-1-10(16)6-13(11)18/h1-6H,7,18H2. The van der Waals surface area contributed by atoms with Gasteiger partial charge in [-0.1, -0.05) is 34.8 Å². The van der Waals surface area contributed by atoms with Crippen LogP contribution in [0.2, 0.25) is 15.1 Å². The van der Waals surface area contributed by atoms with E-state index in [2.05, 4.69) is 0 Å². The van der Waals surface area contributed by atoms with Crippen LogP contribution in [0.3, 0.4) is 0 Å². The topological polar surface area (TPSA) is 52.3 Å². The fourth-order valence-electron chi connectivity index (χ4n) is 1.59. The van der Waals surface area contributed by atoms with Gasteiger partial charge in [-0.15, -0.1) is 0 Å². The van der Waals surface area contributed by atoms with Crippen LogP contribution in [0.15, 0.2) is 36.4 Å². The van der Waals surface area contributed by atoms with Crippen molar-refractivity contribution >= 4 is 46.5 Å². The zero-order valence-corrected chi connectivity index (χ0v) is 12.5. The van der Waals surface area contributed by atoms with Gasteiger partial charge in [0.2, 0.25) is 0 Å². The van der Waals surface area contributed by atoms with Gasteiger partial charge in [0.05, 0.1) is 5.56 Å². The van der Waals surface area contributed by atoms with E-state index in [-0.39, 0.29) is 17.9 Å². The summed E-state index contributed by atoms with van der Waals surface area (Å²) >= 11 is 17.6. The highest BCUT2D eigenvalue weighted by Gasteiger charge is 2.12. The van der Waals surface area contributed by atoms with Crippen molar-refractivity contribution in [1.82, 2.24) is 0 Å². The molecule has 2 rings (SSSR count). The van der Waals surface area contributed by atoms with Crippen molar-refractivity contribution in [2.45, 2.75) is 6.61 Å². The molecule has 0 bridgehead atoms. The predicted molar refractivity (Wildman–Crippen MR) is 81.4 cm³/mol. The summed E-state index contributed by atoms with van der Waals surface area (Å²) in [7, 11) is 0. The first kappa shape index (κ1) is 15.0. The lowest BCUT2D eigenvalue weighted by molar-refractivity contribution is 0.0474. The van der Waals surface area contributed by atoms with Crippen molar-refractivity contribution < 1.29 is 9.53 Å². The molecule has 6 heteroatoms. The second-order valence-corrected chi connectivity index (χ2v) is 5.32. The molecular weight excluding hydrogens is 321 g/mol. The molecule has 3 nitrogen and oxygen atoms in total. The summed E-state index contributed by atoms with van der Waals surface area (Å²) < 4.78 is 5.17. The highest BCUT2D eigenvalue weighted by molar-refractivity contribution is 6.33. The summed E-state index contributed by atoms with van der Waals surface area (Å²) in [6.07, 6.45) is 0. The van der Waals surface area contributed by atoms with Crippen LogP contribution in [-0.4, -0.2) is 5.97 Å². The molecule has 2 aromatic carbocycles. The highest BCUT2D eigenvalue weighted by atomic mass is 35.5. The van der Waals surface area contributed by atoms with Gasteiger partial charge in [0.15, 0.2) is 0 Å². The number of hydrogen-bond donors (Lipinski definition) is 1. The van der Waals surface area contributed by atoms with Crippen LogP contribution in [0.4, 0.5) is 5.69 Å². The summed E-state index contributed by atoms with van der Waals surface area (Å²) in [5.74, 6) is -0.546. The van der Waals surface area contributed by atoms with Crippen LogP contribution in [0.1, 0.15) is 15.9 Å². The van der Waals surface area contributed by atoms with Crippen LogP contribution in [0.5, 0.6) is 0 Å².